The summed E-state index contributed by atoms with van der Waals surface area (Å²) < 4.78 is 24.1. The van der Waals surface area contributed by atoms with E-state index in [4.69, 9.17) is 20.8 Å². The van der Waals surface area contributed by atoms with Gasteiger partial charge in [-0.15, -0.1) is 0 Å². The second kappa shape index (κ2) is 6.05. The van der Waals surface area contributed by atoms with Crippen LogP contribution in [0.2, 0.25) is 5.02 Å². The highest BCUT2D eigenvalue weighted by molar-refractivity contribution is 6.30. The number of ether oxygens (including phenoxy) is 1. The summed E-state index contributed by atoms with van der Waals surface area (Å²) in [5.41, 5.74) is 0.590. The van der Waals surface area contributed by atoms with Gasteiger partial charge >= 0.3 is 5.97 Å². The van der Waals surface area contributed by atoms with E-state index in [-0.39, 0.29) is 28.8 Å². The number of carbonyl (C=O) groups is 1. The molecule has 0 atom stereocenters. The predicted octanol–water partition coefficient (Wildman–Crippen LogP) is 3.87. The smallest absolute Gasteiger partial charge is 0.376 e. The molecule has 1 aromatic carbocycles. The molecule has 0 unspecified atom stereocenters. The number of rotatable bonds is 4. The van der Waals surface area contributed by atoms with Crippen LogP contribution >= 0.6 is 11.6 Å². The van der Waals surface area contributed by atoms with Gasteiger partial charge in [0.25, 0.3) is 0 Å². The number of aromatic nitrogens is 1. The number of esters is 1. The number of aryl methyl sites for hydroxylation is 1. The van der Waals surface area contributed by atoms with Crippen molar-refractivity contribution >= 4 is 17.6 Å². The maximum absolute atomic E-state index is 13.8. The van der Waals surface area contributed by atoms with E-state index in [9.17, 15) is 9.18 Å². The molecule has 0 aliphatic rings. The average Bonchev–Trinajstić information content (AvgIpc) is 2.83. The summed E-state index contributed by atoms with van der Waals surface area (Å²) in [7, 11) is 0. The summed E-state index contributed by atoms with van der Waals surface area (Å²) in [6, 6.07) is 4.15. The molecule has 0 N–H and O–H groups in total. The quantitative estimate of drug-likeness (QED) is 0.804. The van der Waals surface area contributed by atoms with Gasteiger partial charge in [0.05, 0.1) is 17.9 Å². The van der Waals surface area contributed by atoms with Crippen LogP contribution in [0.15, 0.2) is 22.6 Å². The minimum Gasteiger partial charge on any atom is -0.460 e. The number of hydrogen-bond donors (Lipinski definition) is 0. The third-order valence-electron chi connectivity index (χ3n) is 2.65. The van der Waals surface area contributed by atoms with Gasteiger partial charge in [-0.2, -0.15) is 0 Å². The van der Waals surface area contributed by atoms with Crippen LogP contribution in [0.25, 0.3) is 11.5 Å². The first-order valence-corrected chi connectivity index (χ1v) is 6.56. The lowest BCUT2D eigenvalue weighted by atomic mass is 10.2. The van der Waals surface area contributed by atoms with E-state index < -0.39 is 11.8 Å². The Morgan fingerprint density at radius 1 is 1.45 bits per heavy atom. The largest absolute Gasteiger partial charge is 0.460 e. The third kappa shape index (κ3) is 2.82. The normalized spacial score (nSPS) is 10.6. The van der Waals surface area contributed by atoms with Crippen LogP contribution in [0.1, 0.15) is 30.1 Å². The standard InChI is InChI=1S/C14H13ClFNO3/c1-3-11-12(14(18)19-4-2)20-13(17-11)9-6-5-8(15)7-10(9)16/h5-7H,3-4H2,1-2H3. The van der Waals surface area contributed by atoms with Gasteiger partial charge in [0.2, 0.25) is 11.7 Å². The van der Waals surface area contributed by atoms with Crippen LogP contribution < -0.4 is 0 Å². The van der Waals surface area contributed by atoms with Gasteiger partial charge in [0.1, 0.15) is 5.82 Å². The van der Waals surface area contributed by atoms with E-state index in [1.807, 2.05) is 6.92 Å². The molecule has 4 nitrogen and oxygen atoms in total. The third-order valence-corrected chi connectivity index (χ3v) is 2.89. The molecule has 106 valence electrons. The predicted molar refractivity (Wildman–Crippen MR) is 72.2 cm³/mol. The number of carbonyl (C=O) groups excluding carboxylic acids is 1. The molecule has 0 bridgehead atoms. The fourth-order valence-corrected chi connectivity index (χ4v) is 1.88. The fraction of sp³-hybridized carbons (Fsp3) is 0.286. The van der Waals surface area contributed by atoms with Gasteiger partial charge in [-0.1, -0.05) is 18.5 Å². The first kappa shape index (κ1) is 14.5. The zero-order chi connectivity index (χ0) is 14.7. The molecule has 0 aliphatic heterocycles. The second-order valence-electron chi connectivity index (χ2n) is 3.99. The van der Waals surface area contributed by atoms with Gasteiger partial charge in [-0.3, -0.25) is 0 Å². The average molecular weight is 298 g/mol. The molecule has 20 heavy (non-hydrogen) atoms. The van der Waals surface area contributed by atoms with E-state index in [2.05, 4.69) is 4.98 Å². The minimum atomic E-state index is -0.600. The molecule has 2 aromatic rings. The number of oxazole rings is 1. The molecule has 0 saturated heterocycles. The molecule has 2 rings (SSSR count). The lowest BCUT2D eigenvalue weighted by Crippen LogP contribution is -2.05. The highest BCUT2D eigenvalue weighted by atomic mass is 35.5. The summed E-state index contributed by atoms with van der Waals surface area (Å²) >= 11 is 5.69. The van der Waals surface area contributed by atoms with Crippen molar-refractivity contribution in [2.24, 2.45) is 0 Å². The van der Waals surface area contributed by atoms with Gasteiger partial charge in [-0.05, 0) is 31.5 Å². The Kier molecular flexibility index (Phi) is 4.39. The van der Waals surface area contributed by atoms with Crippen LogP contribution in [0, 0.1) is 5.82 Å². The molecule has 0 radical (unpaired) electrons. The van der Waals surface area contributed by atoms with E-state index >= 15 is 0 Å². The summed E-state index contributed by atoms with van der Waals surface area (Å²) in [4.78, 5) is 15.9. The van der Waals surface area contributed by atoms with Crippen LogP contribution in [-0.4, -0.2) is 17.6 Å². The van der Waals surface area contributed by atoms with Crippen molar-refractivity contribution in [2.75, 3.05) is 6.61 Å². The monoisotopic (exact) mass is 297 g/mol. The second-order valence-corrected chi connectivity index (χ2v) is 4.43. The topological polar surface area (TPSA) is 52.3 Å². The Bertz CT molecular complexity index is 639. The van der Waals surface area contributed by atoms with Crippen molar-refractivity contribution in [3.05, 3.63) is 40.5 Å². The van der Waals surface area contributed by atoms with E-state index in [0.717, 1.165) is 6.07 Å². The molecule has 0 spiro atoms. The lowest BCUT2D eigenvalue weighted by molar-refractivity contribution is 0.0489. The molecule has 0 saturated carbocycles. The number of nitrogens with zero attached hydrogens (tertiary/aromatic N) is 1. The van der Waals surface area contributed by atoms with Crippen molar-refractivity contribution in [1.82, 2.24) is 4.98 Å². The summed E-state index contributed by atoms with van der Waals surface area (Å²) in [6.45, 7) is 3.75. The molecule has 0 fully saturated rings. The van der Waals surface area contributed by atoms with E-state index in [0.29, 0.717) is 12.1 Å². The number of halogens is 2. The zero-order valence-corrected chi connectivity index (χ0v) is 11.8. The van der Waals surface area contributed by atoms with Gasteiger partial charge in [-0.25, -0.2) is 14.2 Å². The van der Waals surface area contributed by atoms with Crippen LogP contribution in [-0.2, 0) is 11.2 Å². The van der Waals surface area contributed by atoms with Crippen LogP contribution in [0.5, 0.6) is 0 Å². The molecular formula is C14H13ClFNO3. The summed E-state index contributed by atoms with van der Waals surface area (Å²) in [5, 5.41) is 0.277. The lowest BCUT2D eigenvalue weighted by Gasteiger charge is -1.99. The fourth-order valence-electron chi connectivity index (χ4n) is 1.73. The van der Waals surface area contributed by atoms with Crippen LogP contribution in [0.3, 0.4) is 0 Å². The van der Waals surface area contributed by atoms with Gasteiger partial charge in [0, 0.05) is 5.02 Å². The Morgan fingerprint density at radius 3 is 2.80 bits per heavy atom. The molecule has 6 heteroatoms. The zero-order valence-electron chi connectivity index (χ0n) is 11.1. The first-order chi connectivity index (χ1) is 9.56. The van der Waals surface area contributed by atoms with Crippen molar-refractivity contribution in [3.8, 4) is 11.5 Å². The Labute approximate surface area is 120 Å². The molecule has 0 aliphatic carbocycles. The van der Waals surface area contributed by atoms with Crippen molar-refractivity contribution in [3.63, 3.8) is 0 Å². The van der Waals surface area contributed by atoms with Gasteiger partial charge in [0.15, 0.2) is 0 Å². The summed E-state index contributed by atoms with van der Waals surface area (Å²) in [5.74, 6) is -1.10. The maximum atomic E-state index is 13.8. The minimum absolute atomic E-state index is 0.0127. The highest BCUT2D eigenvalue weighted by Crippen LogP contribution is 2.27. The van der Waals surface area contributed by atoms with Crippen molar-refractivity contribution in [1.29, 1.82) is 0 Å². The summed E-state index contributed by atoms with van der Waals surface area (Å²) in [6.07, 6.45) is 0.479. The highest BCUT2D eigenvalue weighted by Gasteiger charge is 2.22. The SMILES string of the molecule is CCOC(=O)c1oc(-c2ccc(Cl)cc2F)nc1CC. The van der Waals surface area contributed by atoms with E-state index in [1.165, 1.54) is 12.1 Å². The number of benzene rings is 1. The van der Waals surface area contributed by atoms with Crippen molar-refractivity contribution < 1.29 is 18.3 Å². The Hall–Kier alpha value is -1.88. The number of hydrogen-bond acceptors (Lipinski definition) is 4. The maximum Gasteiger partial charge on any atom is 0.376 e. The van der Waals surface area contributed by atoms with Crippen molar-refractivity contribution in [2.45, 2.75) is 20.3 Å². The van der Waals surface area contributed by atoms with Gasteiger partial charge < -0.3 is 9.15 Å². The van der Waals surface area contributed by atoms with E-state index in [1.54, 1.807) is 6.92 Å². The molecule has 0 amide bonds. The molecular weight excluding hydrogens is 285 g/mol. The Balaban J connectivity index is 2.45. The first-order valence-electron chi connectivity index (χ1n) is 6.19. The molecule has 1 heterocycles. The van der Waals surface area contributed by atoms with Crippen LogP contribution in [0.4, 0.5) is 4.39 Å². The Morgan fingerprint density at radius 2 is 2.20 bits per heavy atom. The molecule has 1 aromatic heterocycles.